The van der Waals surface area contributed by atoms with Crippen molar-refractivity contribution in [3.05, 3.63) is 27.8 Å². The van der Waals surface area contributed by atoms with Gasteiger partial charge in [0.15, 0.2) is 0 Å². The number of nitrogens with one attached hydrogen (secondary N) is 1. The van der Waals surface area contributed by atoms with E-state index in [2.05, 4.69) is 27.9 Å². The summed E-state index contributed by atoms with van der Waals surface area (Å²) in [5.74, 6) is -0.134. The topological polar surface area (TPSA) is 49.4 Å². The zero-order valence-electron chi connectivity index (χ0n) is 10.3. The number of nitrogens with zero attached hydrogens (tertiary/aromatic N) is 1. The number of benzene rings is 1. The van der Waals surface area contributed by atoms with Crippen LogP contribution < -0.4 is 10.2 Å². The smallest absolute Gasteiger partial charge is 0.250 e. The summed E-state index contributed by atoms with van der Waals surface area (Å²) in [5.41, 5.74) is 0.786. The van der Waals surface area contributed by atoms with Gasteiger partial charge in [0.25, 0.3) is 0 Å². The van der Waals surface area contributed by atoms with Crippen LogP contribution in [0, 0.1) is 3.57 Å². The molecule has 0 spiro atoms. The minimum Gasteiger partial charge on any atom is -0.343 e. The molecular weight excluding hydrogens is 343 g/mol. The van der Waals surface area contributed by atoms with Gasteiger partial charge in [-0.15, -0.1) is 0 Å². The van der Waals surface area contributed by atoms with Crippen molar-refractivity contribution in [2.45, 2.75) is 32.4 Å². The van der Waals surface area contributed by atoms with Gasteiger partial charge in [0.2, 0.25) is 11.8 Å². The highest BCUT2D eigenvalue weighted by Gasteiger charge is 2.38. The van der Waals surface area contributed by atoms with Crippen molar-refractivity contribution in [3.63, 3.8) is 0 Å². The molecule has 1 aromatic carbocycles. The van der Waals surface area contributed by atoms with Crippen molar-refractivity contribution < 1.29 is 9.59 Å². The number of rotatable bonds is 2. The zero-order chi connectivity index (χ0) is 13.3. The van der Waals surface area contributed by atoms with E-state index in [0.717, 1.165) is 9.26 Å². The van der Waals surface area contributed by atoms with Crippen LogP contribution in [0.15, 0.2) is 24.3 Å². The van der Waals surface area contributed by atoms with Gasteiger partial charge in [-0.2, -0.15) is 0 Å². The van der Waals surface area contributed by atoms with E-state index in [1.807, 2.05) is 31.2 Å². The van der Waals surface area contributed by atoms with Crippen molar-refractivity contribution >= 4 is 40.1 Å². The van der Waals surface area contributed by atoms with Crippen LogP contribution in [-0.2, 0) is 9.59 Å². The fraction of sp³-hybridized carbons (Fsp3) is 0.385. The quantitative estimate of drug-likeness (QED) is 0.822. The molecule has 1 aromatic rings. The molecule has 0 saturated carbocycles. The Morgan fingerprint density at radius 2 is 1.89 bits per heavy atom. The summed E-state index contributed by atoms with van der Waals surface area (Å²) in [5, 5.41) is 2.71. The van der Waals surface area contributed by atoms with E-state index < -0.39 is 12.1 Å². The Morgan fingerprint density at radius 1 is 1.28 bits per heavy atom. The number of amides is 2. The molecule has 0 bridgehead atoms. The Labute approximate surface area is 120 Å². The predicted octanol–water partition coefficient (Wildman–Crippen LogP) is 1.92. The van der Waals surface area contributed by atoms with Gasteiger partial charge in [0.1, 0.15) is 12.1 Å². The predicted molar refractivity (Wildman–Crippen MR) is 78.3 cm³/mol. The number of hydrogen-bond donors (Lipinski definition) is 1. The second-order valence-corrected chi connectivity index (χ2v) is 5.58. The van der Waals surface area contributed by atoms with Crippen LogP contribution >= 0.6 is 22.6 Å². The van der Waals surface area contributed by atoms with E-state index in [0.29, 0.717) is 6.42 Å². The Hall–Kier alpha value is -1.11. The minimum absolute atomic E-state index is 0.0531. The first-order chi connectivity index (χ1) is 8.54. The van der Waals surface area contributed by atoms with E-state index in [1.165, 1.54) is 0 Å². The molecule has 0 aliphatic carbocycles. The van der Waals surface area contributed by atoms with E-state index in [4.69, 9.17) is 0 Å². The van der Waals surface area contributed by atoms with Crippen LogP contribution in [0.2, 0.25) is 0 Å². The molecule has 2 unspecified atom stereocenters. The van der Waals surface area contributed by atoms with Crippen LogP contribution in [0.1, 0.15) is 20.3 Å². The third-order valence-corrected chi connectivity index (χ3v) is 3.79. The number of hydrogen-bond acceptors (Lipinski definition) is 2. The lowest BCUT2D eigenvalue weighted by Gasteiger charge is -2.37. The third kappa shape index (κ3) is 2.36. The molecule has 0 radical (unpaired) electrons. The average Bonchev–Trinajstić information content (AvgIpc) is 2.35. The molecule has 1 heterocycles. The van der Waals surface area contributed by atoms with Gasteiger partial charge >= 0.3 is 0 Å². The van der Waals surface area contributed by atoms with E-state index in [-0.39, 0.29) is 11.8 Å². The van der Waals surface area contributed by atoms with Crippen molar-refractivity contribution in [2.24, 2.45) is 0 Å². The third-order valence-electron chi connectivity index (χ3n) is 3.07. The highest BCUT2D eigenvalue weighted by atomic mass is 127. The minimum atomic E-state index is -0.459. The maximum absolute atomic E-state index is 12.2. The summed E-state index contributed by atoms with van der Waals surface area (Å²) < 4.78 is 1.10. The number of carbonyl (C=O) groups is 2. The fourth-order valence-electron chi connectivity index (χ4n) is 2.13. The molecule has 5 heteroatoms. The molecule has 0 aromatic heterocycles. The first-order valence-electron chi connectivity index (χ1n) is 5.93. The molecule has 4 nitrogen and oxygen atoms in total. The lowest BCUT2D eigenvalue weighted by Crippen LogP contribution is -2.62. The van der Waals surface area contributed by atoms with E-state index >= 15 is 0 Å². The molecule has 1 fully saturated rings. The van der Waals surface area contributed by atoms with Crippen molar-refractivity contribution in [3.8, 4) is 0 Å². The van der Waals surface area contributed by atoms with Gasteiger partial charge in [-0.05, 0) is 60.2 Å². The van der Waals surface area contributed by atoms with Gasteiger partial charge in [-0.25, -0.2) is 0 Å². The molecule has 96 valence electrons. The molecule has 1 aliphatic heterocycles. The van der Waals surface area contributed by atoms with Gasteiger partial charge < -0.3 is 5.32 Å². The fourth-order valence-corrected chi connectivity index (χ4v) is 2.49. The average molecular weight is 358 g/mol. The maximum Gasteiger partial charge on any atom is 0.250 e. The molecule has 2 amide bonds. The second-order valence-electron chi connectivity index (χ2n) is 4.34. The van der Waals surface area contributed by atoms with E-state index in [1.54, 1.807) is 11.8 Å². The van der Waals surface area contributed by atoms with E-state index in [9.17, 15) is 9.59 Å². The van der Waals surface area contributed by atoms with Crippen LogP contribution in [0.4, 0.5) is 5.69 Å². The summed E-state index contributed by atoms with van der Waals surface area (Å²) in [6.07, 6.45) is 0.607. The maximum atomic E-state index is 12.2. The Bertz CT molecular complexity index is 472. The lowest BCUT2D eigenvalue weighted by atomic mass is 10.0. The summed E-state index contributed by atoms with van der Waals surface area (Å²) in [6, 6.07) is 6.77. The van der Waals surface area contributed by atoms with Gasteiger partial charge in [-0.3, -0.25) is 14.5 Å². The highest BCUT2D eigenvalue weighted by Crippen LogP contribution is 2.23. The molecule has 1 aliphatic rings. The SMILES string of the molecule is CCC1C(=O)NC(C)C(=O)N1c1ccc(I)cc1. The molecule has 2 rings (SSSR count). The van der Waals surface area contributed by atoms with Gasteiger partial charge in [-0.1, -0.05) is 6.92 Å². The summed E-state index contributed by atoms with van der Waals surface area (Å²) in [6.45, 7) is 3.62. The lowest BCUT2D eigenvalue weighted by molar-refractivity contribution is -0.133. The molecule has 18 heavy (non-hydrogen) atoms. The van der Waals surface area contributed by atoms with Crippen molar-refractivity contribution in [1.82, 2.24) is 5.32 Å². The number of piperazine rings is 1. The Morgan fingerprint density at radius 3 is 2.44 bits per heavy atom. The molecule has 1 N–H and O–H groups in total. The monoisotopic (exact) mass is 358 g/mol. The van der Waals surface area contributed by atoms with Crippen LogP contribution in [0.3, 0.4) is 0 Å². The standard InChI is InChI=1S/C13H15IN2O2/c1-3-11-12(17)15-8(2)13(18)16(11)10-6-4-9(14)5-7-10/h4-8,11H,3H2,1-2H3,(H,15,17). The van der Waals surface area contributed by atoms with Crippen LogP contribution in [0.5, 0.6) is 0 Å². The summed E-state index contributed by atoms with van der Waals surface area (Å²) >= 11 is 2.21. The first kappa shape index (κ1) is 13.3. The van der Waals surface area contributed by atoms with Gasteiger partial charge in [0, 0.05) is 9.26 Å². The van der Waals surface area contributed by atoms with Crippen molar-refractivity contribution in [1.29, 1.82) is 0 Å². The number of carbonyl (C=O) groups excluding carboxylic acids is 2. The zero-order valence-corrected chi connectivity index (χ0v) is 12.5. The first-order valence-corrected chi connectivity index (χ1v) is 7.01. The van der Waals surface area contributed by atoms with Crippen molar-refractivity contribution in [2.75, 3.05) is 4.90 Å². The van der Waals surface area contributed by atoms with Crippen LogP contribution in [-0.4, -0.2) is 23.9 Å². The Balaban J connectivity index is 2.39. The van der Waals surface area contributed by atoms with Crippen LogP contribution in [0.25, 0.3) is 0 Å². The Kier molecular flexibility index (Phi) is 3.89. The highest BCUT2D eigenvalue weighted by molar-refractivity contribution is 14.1. The number of anilines is 1. The normalized spacial score (nSPS) is 24.1. The summed E-state index contributed by atoms with van der Waals surface area (Å²) in [4.78, 5) is 25.8. The molecule has 2 atom stereocenters. The molecule has 1 saturated heterocycles. The number of halogens is 1. The second kappa shape index (κ2) is 5.26. The largest absolute Gasteiger partial charge is 0.343 e. The summed E-state index contributed by atoms with van der Waals surface area (Å²) in [7, 11) is 0. The molecular formula is C13H15IN2O2. The van der Waals surface area contributed by atoms with Gasteiger partial charge in [0.05, 0.1) is 0 Å².